The Kier molecular flexibility index (Phi) is 9.94. The van der Waals surface area contributed by atoms with E-state index in [0.717, 1.165) is 11.1 Å². The Bertz CT molecular complexity index is 1900. The monoisotopic (exact) mass is 626 g/mol. The number of thiazole rings is 1. The van der Waals surface area contributed by atoms with E-state index in [9.17, 15) is 14.4 Å². The van der Waals surface area contributed by atoms with E-state index in [-0.39, 0.29) is 24.7 Å². The van der Waals surface area contributed by atoms with Gasteiger partial charge >= 0.3 is 11.9 Å². The number of hydrogen-bond acceptors (Lipinski definition) is 9. The van der Waals surface area contributed by atoms with Crippen molar-refractivity contribution in [2.75, 3.05) is 19.8 Å². The number of ether oxygens (including phenoxy) is 4. The number of benzene rings is 3. The summed E-state index contributed by atoms with van der Waals surface area (Å²) in [5, 5.41) is 0. The molecule has 45 heavy (non-hydrogen) atoms. The molecule has 0 saturated carbocycles. The highest BCUT2D eigenvalue weighted by Crippen LogP contribution is 2.31. The summed E-state index contributed by atoms with van der Waals surface area (Å²) in [7, 11) is 0. The lowest BCUT2D eigenvalue weighted by Gasteiger charge is -2.24. The summed E-state index contributed by atoms with van der Waals surface area (Å²) in [6, 6.07) is 21.1. The third-order valence-corrected chi connectivity index (χ3v) is 8.07. The van der Waals surface area contributed by atoms with E-state index < -0.39 is 12.0 Å². The molecule has 1 aliphatic rings. The van der Waals surface area contributed by atoms with Gasteiger partial charge in [-0.3, -0.25) is 9.36 Å². The van der Waals surface area contributed by atoms with Gasteiger partial charge in [-0.15, -0.1) is 0 Å². The molecule has 4 aromatic rings. The Hall–Kier alpha value is -4.96. The minimum Gasteiger partial charge on any atom is -0.494 e. The van der Waals surface area contributed by atoms with E-state index in [2.05, 4.69) is 4.99 Å². The Morgan fingerprint density at radius 3 is 2.24 bits per heavy atom. The molecular weight excluding hydrogens is 592 g/mol. The molecule has 0 bridgehead atoms. The van der Waals surface area contributed by atoms with E-state index in [1.54, 1.807) is 43.5 Å². The van der Waals surface area contributed by atoms with Gasteiger partial charge in [-0.1, -0.05) is 53.8 Å². The minimum atomic E-state index is -0.720. The average molecular weight is 627 g/mol. The summed E-state index contributed by atoms with van der Waals surface area (Å²) in [6.07, 6.45) is 1.78. The fraction of sp³-hybridized carbons (Fsp3) is 0.257. The van der Waals surface area contributed by atoms with Crippen molar-refractivity contribution in [3.05, 3.63) is 126 Å². The first kappa shape index (κ1) is 31.5. The number of carbonyl (C=O) groups is 2. The molecule has 9 nitrogen and oxygen atoms in total. The second kappa shape index (κ2) is 14.2. The van der Waals surface area contributed by atoms with E-state index >= 15 is 0 Å². The lowest BCUT2D eigenvalue weighted by molar-refractivity contribution is -0.139. The van der Waals surface area contributed by atoms with Gasteiger partial charge in [0.1, 0.15) is 18.1 Å². The van der Waals surface area contributed by atoms with Crippen molar-refractivity contribution in [3.8, 4) is 11.5 Å². The molecule has 3 aromatic carbocycles. The zero-order chi connectivity index (χ0) is 31.9. The predicted molar refractivity (Wildman–Crippen MR) is 171 cm³/mol. The molecule has 10 heteroatoms. The van der Waals surface area contributed by atoms with Crippen molar-refractivity contribution >= 4 is 29.4 Å². The van der Waals surface area contributed by atoms with Gasteiger partial charge in [0, 0.05) is 5.56 Å². The number of hydrogen-bond donors (Lipinski definition) is 0. The molecular formula is C35H34N2O7S. The summed E-state index contributed by atoms with van der Waals surface area (Å²) in [5.74, 6) is 0.398. The maximum atomic E-state index is 14.0. The first-order valence-electron chi connectivity index (χ1n) is 14.7. The van der Waals surface area contributed by atoms with Gasteiger partial charge in [-0.2, -0.15) is 0 Å². The smallest absolute Gasteiger partial charge is 0.338 e. The largest absolute Gasteiger partial charge is 0.494 e. The molecule has 2 heterocycles. The zero-order valence-electron chi connectivity index (χ0n) is 25.6. The number of esters is 2. The lowest BCUT2D eigenvalue weighted by atomic mass is 9.96. The molecule has 0 fully saturated rings. The SMILES string of the molecule is CCOC(=O)C1=C(C)N=c2s/c(=C\c3ccccc3OCc3ccc(C(=O)OCC)cc3)c(=O)n2[C@H]1c1ccc(OCC)cc1. The maximum absolute atomic E-state index is 14.0. The number of allylic oxidation sites excluding steroid dienone is 1. The van der Waals surface area contributed by atoms with Crippen LogP contribution in [0.25, 0.3) is 6.08 Å². The lowest BCUT2D eigenvalue weighted by Crippen LogP contribution is -2.39. The maximum Gasteiger partial charge on any atom is 0.338 e. The molecule has 1 atom stereocenters. The van der Waals surface area contributed by atoms with E-state index in [0.29, 0.717) is 56.4 Å². The molecule has 5 rings (SSSR count). The van der Waals surface area contributed by atoms with Gasteiger partial charge in [0.2, 0.25) is 0 Å². The first-order valence-corrected chi connectivity index (χ1v) is 15.6. The highest BCUT2D eigenvalue weighted by molar-refractivity contribution is 7.07. The van der Waals surface area contributed by atoms with Crippen molar-refractivity contribution in [1.82, 2.24) is 4.57 Å². The Balaban J connectivity index is 1.50. The van der Waals surface area contributed by atoms with Crippen LogP contribution >= 0.6 is 11.3 Å². The molecule has 0 unspecified atom stereocenters. The van der Waals surface area contributed by atoms with Crippen LogP contribution in [0.4, 0.5) is 0 Å². The summed E-state index contributed by atoms with van der Waals surface area (Å²) in [5.41, 5.74) is 3.33. The van der Waals surface area contributed by atoms with Crippen molar-refractivity contribution in [3.63, 3.8) is 0 Å². The van der Waals surface area contributed by atoms with Crippen LogP contribution < -0.4 is 24.4 Å². The van der Waals surface area contributed by atoms with Crippen LogP contribution in [-0.4, -0.2) is 36.3 Å². The normalized spacial score (nSPS) is 14.4. The standard InChI is InChI=1S/C35H34N2O7S/c1-5-41-27-18-16-24(17-19-27)31-30(34(40)43-7-3)22(4)36-35-37(31)32(38)29(45-35)20-26-10-8-9-11-28(26)44-21-23-12-14-25(15-13-23)33(39)42-6-2/h8-20,31H,5-7,21H2,1-4H3/b29-20-/t31-/m0/s1. The summed E-state index contributed by atoms with van der Waals surface area (Å²) in [6.45, 7) is 8.46. The van der Waals surface area contributed by atoms with Crippen molar-refractivity contribution < 1.29 is 28.5 Å². The topological polar surface area (TPSA) is 105 Å². The van der Waals surface area contributed by atoms with Crippen molar-refractivity contribution in [1.29, 1.82) is 0 Å². The van der Waals surface area contributed by atoms with Gasteiger partial charge < -0.3 is 18.9 Å². The second-order valence-corrected chi connectivity index (χ2v) is 11.1. The zero-order valence-corrected chi connectivity index (χ0v) is 26.4. The van der Waals surface area contributed by atoms with Gasteiger partial charge in [0.15, 0.2) is 4.80 Å². The van der Waals surface area contributed by atoms with Crippen LogP contribution in [0.2, 0.25) is 0 Å². The van der Waals surface area contributed by atoms with E-state index in [4.69, 9.17) is 18.9 Å². The molecule has 0 aliphatic carbocycles. The predicted octanol–water partition coefficient (Wildman–Crippen LogP) is 4.95. The van der Waals surface area contributed by atoms with Crippen LogP contribution in [0.1, 0.15) is 60.8 Å². The molecule has 0 amide bonds. The second-order valence-electron chi connectivity index (χ2n) is 10.0. The molecule has 232 valence electrons. The van der Waals surface area contributed by atoms with Crippen LogP contribution in [0, 0.1) is 0 Å². The van der Waals surface area contributed by atoms with E-state index in [1.165, 1.54) is 11.3 Å². The Morgan fingerprint density at radius 2 is 1.56 bits per heavy atom. The third-order valence-electron chi connectivity index (χ3n) is 7.09. The minimum absolute atomic E-state index is 0.197. The molecule has 0 radical (unpaired) electrons. The number of rotatable bonds is 11. The number of carbonyl (C=O) groups excluding carboxylic acids is 2. The number of para-hydroxylation sites is 1. The van der Waals surface area contributed by atoms with Gasteiger partial charge in [0.25, 0.3) is 5.56 Å². The quantitative estimate of drug-likeness (QED) is 0.217. The highest BCUT2D eigenvalue weighted by Gasteiger charge is 2.33. The van der Waals surface area contributed by atoms with Gasteiger partial charge in [-0.05, 0) is 75.2 Å². The molecule has 0 saturated heterocycles. The first-order chi connectivity index (χ1) is 21.8. The third kappa shape index (κ3) is 6.91. The fourth-order valence-electron chi connectivity index (χ4n) is 5.00. The number of nitrogens with zero attached hydrogens (tertiary/aromatic N) is 2. The molecule has 1 aromatic heterocycles. The van der Waals surface area contributed by atoms with Gasteiger partial charge in [0.05, 0.1) is 47.2 Å². The Labute approximate surface area is 264 Å². The summed E-state index contributed by atoms with van der Waals surface area (Å²) in [4.78, 5) is 44.3. The van der Waals surface area contributed by atoms with Crippen LogP contribution in [0.5, 0.6) is 11.5 Å². The summed E-state index contributed by atoms with van der Waals surface area (Å²) < 4.78 is 24.2. The fourth-order valence-corrected chi connectivity index (χ4v) is 6.04. The highest BCUT2D eigenvalue weighted by atomic mass is 32.1. The summed E-state index contributed by atoms with van der Waals surface area (Å²) >= 11 is 1.25. The number of fused-ring (bicyclic) bond motifs is 1. The molecule has 0 N–H and O–H groups in total. The van der Waals surface area contributed by atoms with Crippen LogP contribution in [-0.2, 0) is 20.9 Å². The van der Waals surface area contributed by atoms with Crippen molar-refractivity contribution in [2.45, 2.75) is 40.3 Å². The van der Waals surface area contributed by atoms with Crippen molar-refractivity contribution in [2.24, 2.45) is 4.99 Å². The average Bonchev–Trinajstić information content (AvgIpc) is 3.34. The van der Waals surface area contributed by atoms with Crippen LogP contribution in [0.3, 0.4) is 0 Å². The number of aromatic nitrogens is 1. The molecule has 0 spiro atoms. The van der Waals surface area contributed by atoms with Crippen LogP contribution in [0.15, 0.2) is 93.9 Å². The Morgan fingerprint density at radius 1 is 0.867 bits per heavy atom. The van der Waals surface area contributed by atoms with E-state index in [1.807, 2.05) is 67.6 Å². The molecule has 1 aliphatic heterocycles. The van der Waals surface area contributed by atoms with Gasteiger partial charge in [-0.25, -0.2) is 14.6 Å².